The van der Waals surface area contributed by atoms with E-state index >= 15 is 0 Å². The highest BCUT2D eigenvalue weighted by Gasteiger charge is 2.18. The van der Waals surface area contributed by atoms with Crippen LogP contribution in [0.15, 0.2) is 24.3 Å². The van der Waals surface area contributed by atoms with Gasteiger partial charge in [-0.25, -0.2) is 0 Å². The van der Waals surface area contributed by atoms with Gasteiger partial charge in [-0.2, -0.15) is 0 Å². The summed E-state index contributed by atoms with van der Waals surface area (Å²) in [6.45, 7) is 7.54. The van der Waals surface area contributed by atoms with Crippen LogP contribution in [0.1, 0.15) is 26.2 Å². The Bertz CT molecular complexity index is 402. The molecule has 1 fully saturated rings. The van der Waals surface area contributed by atoms with Crippen LogP contribution in [-0.4, -0.2) is 43.7 Å². The number of anilines is 1. The largest absolute Gasteiger partial charge is 0.369 e. The molecule has 1 aliphatic heterocycles. The third kappa shape index (κ3) is 4.65. The van der Waals surface area contributed by atoms with Gasteiger partial charge in [-0.1, -0.05) is 37.4 Å². The molecule has 0 bridgehead atoms. The predicted octanol–water partition coefficient (Wildman–Crippen LogP) is 2.98. The van der Waals surface area contributed by atoms with Crippen molar-refractivity contribution in [3.8, 4) is 0 Å². The van der Waals surface area contributed by atoms with Crippen LogP contribution < -0.4 is 10.6 Å². The first-order chi connectivity index (χ1) is 9.69. The molecule has 1 aliphatic rings. The van der Waals surface area contributed by atoms with E-state index in [2.05, 4.69) is 22.8 Å². The minimum absolute atomic E-state index is 0.327. The molecule has 2 rings (SSSR count). The number of nitrogens with zero attached hydrogens (tertiary/aromatic N) is 2. The van der Waals surface area contributed by atoms with Gasteiger partial charge in [0.05, 0.1) is 0 Å². The lowest BCUT2D eigenvalue weighted by Gasteiger charge is -2.37. The first-order valence-corrected chi connectivity index (χ1v) is 8.05. The summed E-state index contributed by atoms with van der Waals surface area (Å²) in [4.78, 5) is 4.89. The first-order valence-electron chi connectivity index (χ1n) is 7.67. The topological polar surface area (TPSA) is 32.5 Å². The van der Waals surface area contributed by atoms with Gasteiger partial charge in [-0.05, 0) is 24.6 Å². The van der Waals surface area contributed by atoms with Crippen molar-refractivity contribution >= 4 is 17.3 Å². The van der Waals surface area contributed by atoms with Crippen LogP contribution in [0.4, 0.5) is 5.69 Å². The van der Waals surface area contributed by atoms with Crippen molar-refractivity contribution in [2.24, 2.45) is 5.73 Å². The van der Waals surface area contributed by atoms with Gasteiger partial charge in [-0.15, -0.1) is 0 Å². The highest BCUT2D eigenvalue weighted by Crippen LogP contribution is 2.20. The zero-order valence-electron chi connectivity index (χ0n) is 12.4. The van der Waals surface area contributed by atoms with E-state index in [1.54, 1.807) is 0 Å². The Kier molecular flexibility index (Phi) is 6.14. The molecule has 4 heteroatoms. The fourth-order valence-corrected chi connectivity index (χ4v) is 2.94. The summed E-state index contributed by atoms with van der Waals surface area (Å²) in [7, 11) is 0. The number of benzene rings is 1. The second kappa shape index (κ2) is 7.87. The number of nitrogens with two attached hydrogens (primary N) is 1. The molecule has 1 saturated heterocycles. The molecule has 0 radical (unpaired) electrons. The molecule has 1 aromatic carbocycles. The minimum atomic E-state index is 0.327. The van der Waals surface area contributed by atoms with Crippen molar-refractivity contribution in [2.45, 2.75) is 32.2 Å². The van der Waals surface area contributed by atoms with Crippen molar-refractivity contribution in [3.05, 3.63) is 29.3 Å². The Morgan fingerprint density at radius 3 is 2.65 bits per heavy atom. The Morgan fingerprint density at radius 2 is 2.00 bits per heavy atom. The number of rotatable bonds is 6. The smallest absolute Gasteiger partial charge is 0.0426 e. The number of halogens is 1. The van der Waals surface area contributed by atoms with Crippen LogP contribution in [0.25, 0.3) is 0 Å². The standard InChI is InChI=1S/C16H26ClN3/c1-2-3-6-15(18)13-19-8-10-20(11-9-19)16-7-4-5-14(17)12-16/h4-5,7,12,15H,2-3,6,8-11,13,18H2,1H3. The number of hydrogen-bond acceptors (Lipinski definition) is 3. The molecule has 1 aromatic rings. The summed E-state index contributed by atoms with van der Waals surface area (Å²) in [5.41, 5.74) is 7.41. The third-order valence-corrected chi connectivity index (χ3v) is 4.20. The second-order valence-corrected chi connectivity index (χ2v) is 6.11. The molecule has 0 aliphatic carbocycles. The number of unbranched alkanes of at least 4 members (excludes halogenated alkanes) is 1. The molecule has 0 amide bonds. The molecule has 0 saturated carbocycles. The van der Waals surface area contributed by atoms with E-state index in [0.29, 0.717) is 6.04 Å². The van der Waals surface area contributed by atoms with Gasteiger partial charge >= 0.3 is 0 Å². The number of hydrogen-bond donors (Lipinski definition) is 1. The lowest BCUT2D eigenvalue weighted by atomic mass is 10.1. The van der Waals surface area contributed by atoms with Crippen molar-refractivity contribution < 1.29 is 0 Å². The highest BCUT2D eigenvalue weighted by atomic mass is 35.5. The third-order valence-electron chi connectivity index (χ3n) is 3.97. The van der Waals surface area contributed by atoms with Crippen molar-refractivity contribution in [2.75, 3.05) is 37.6 Å². The Morgan fingerprint density at radius 1 is 1.25 bits per heavy atom. The summed E-state index contributed by atoms with van der Waals surface area (Å²) in [5.74, 6) is 0. The molecule has 3 nitrogen and oxygen atoms in total. The minimum Gasteiger partial charge on any atom is -0.369 e. The fourth-order valence-electron chi connectivity index (χ4n) is 2.75. The molecule has 0 spiro atoms. The SMILES string of the molecule is CCCCC(N)CN1CCN(c2cccc(Cl)c2)CC1. The van der Waals surface area contributed by atoms with Gasteiger partial charge < -0.3 is 10.6 Å². The first kappa shape index (κ1) is 15.6. The normalized spacial score (nSPS) is 18.2. The molecular formula is C16H26ClN3. The summed E-state index contributed by atoms with van der Waals surface area (Å²) in [5, 5.41) is 0.812. The molecule has 1 atom stereocenters. The van der Waals surface area contributed by atoms with Crippen LogP contribution >= 0.6 is 11.6 Å². The molecular weight excluding hydrogens is 270 g/mol. The van der Waals surface area contributed by atoms with E-state index in [0.717, 1.165) is 44.2 Å². The molecule has 1 heterocycles. The van der Waals surface area contributed by atoms with Crippen LogP contribution in [0.3, 0.4) is 0 Å². The van der Waals surface area contributed by atoms with E-state index in [1.165, 1.54) is 18.5 Å². The van der Waals surface area contributed by atoms with Gasteiger partial charge in [0.25, 0.3) is 0 Å². The van der Waals surface area contributed by atoms with Gasteiger partial charge in [0, 0.05) is 49.5 Å². The van der Waals surface area contributed by atoms with Crippen molar-refractivity contribution in [1.29, 1.82) is 0 Å². The summed E-state index contributed by atoms with van der Waals surface area (Å²) < 4.78 is 0. The molecule has 20 heavy (non-hydrogen) atoms. The van der Waals surface area contributed by atoms with E-state index in [-0.39, 0.29) is 0 Å². The van der Waals surface area contributed by atoms with E-state index in [9.17, 15) is 0 Å². The summed E-state index contributed by atoms with van der Waals surface area (Å²) in [6.07, 6.45) is 3.62. The average Bonchev–Trinajstić information content (AvgIpc) is 2.46. The predicted molar refractivity (Wildman–Crippen MR) is 87.6 cm³/mol. The lowest BCUT2D eigenvalue weighted by Crippen LogP contribution is -2.49. The van der Waals surface area contributed by atoms with Crippen LogP contribution in [0, 0.1) is 0 Å². The van der Waals surface area contributed by atoms with E-state index < -0.39 is 0 Å². The maximum Gasteiger partial charge on any atom is 0.0426 e. The van der Waals surface area contributed by atoms with E-state index in [1.807, 2.05) is 18.2 Å². The quantitative estimate of drug-likeness (QED) is 0.876. The molecule has 2 N–H and O–H groups in total. The molecule has 0 aromatic heterocycles. The van der Waals surface area contributed by atoms with Crippen molar-refractivity contribution in [1.82, 2.24) is 4.90 Å². The van der Waals surface area contributed by atoms with Gasteiger partial charge in [0.15, 0.2) is 0 Å². The van der Waals surface area contributed by atoms with Gasteiger partial charge in [0.2, 0.25) is 0 Å². The summed E-state index contributed by atoms with van der Waals surface area (Å²) in [6, 6.07) is 8.45. The monoisotopic (exact) mass is 295 g/mol. The van der Waals surface area contributed by atoms with Crippen LogP contribution in [0.2, 0.25) is 5.02 Å². The lowest BCUT2D eigenvalue weighted by molar-refractivity contribution is 0.238. The van der Waals surface area contributed by atoms with Gasteiger partial charge in [0.1, 0.15) is 0 Å². The highest BCUT2D eigenvalue weighted by molar-refractivity contribution is 6.30. The zero-order valence-corrected chi connectivity index (χ0v) is 13.1. The van der Waals surface area contributed by atoms with Crippen LogP contribution in [-0.2, 0) is 0 Å². The van der Waals surface area contributed by atoms with Crippen molar-refractivity contribution in [3.63, 3.8) is 0 Å². The van der Waals surface area contributed by atoms with Crippen LogP contribution in [0.5, 0.6) is 0 Å². The molecule has 1 unspecified atom stereocenters. The summed E-state index contributed by atoms with van der Waals surface area (Å²) >= 11 is 6.06. The average molecular weight is 296 g/mol. The fraction of sp³-hybridized carbons (Fsp3) is 0.625. The second-order valence-electron chi connectivity index (χ2n) is 5.67. The zero-order chi connectivity index (χ0) is 14.4. The molecule has 112 valence electrons. The Balaban J connectivity index is 1.77. The van der Waals surface area contributed by atoms with E-state index in [4.69, 9.17) is 17.3 Å². The number of piperazine rings is 1. The van der Waals surface area contributed by atoms with Gasteiger partial charge in [-0.3, -0.25) is 4.90 Å². The Labute approximate surface area is 127 Å². The Hall–Kier alpha value is -0.770. The maximum absolute atomic E-state index is 6.18. The maximum atomic E-state index is 6.18.